The Bertz CT molecular complexity index is 1450. The number of hydrogen-bond acceptors (Lipinski definition) is 5. The Morgan fingerprint density at radius 3 is 2.53 bits per heavy atom. The molecule has 8 nitrogen and oxygen atoms in total. The molecule has 0 saturated heterocycles. The van der Waals surface area contributed by atoms with Gasteiger partial charge in [0.1, 0.15) is 5.41 Å². The van der Waals surface area contributed by atoms with Gasteiger partial charge in [-0.15, -0.1) is 0 Å². The van der Waals surface area contributed by atoms with Gasteiger partial charge in [-0.3, -0.25) is 14.9 Å². The Kier molecular flexibility index (Phi) is 4.67. The van der Waals surface area contributed by atoms with E-state index in [2.05, 4.69) is 10.1 Å². The van der Waals surface area contributed by atoms with Gasteiger partial charge in [-0.2, -0.15) is 18.3 Å². The Balaban J connectivity index is 1.66. The molecule has 2 unspecified atom stereocenters. The molecule has 0 radical (unpaired) electrons. The van der Waals surface area contributed by atoms with Gasteiger partial charge in [0, 0.05) is 18.2 Å². The maximum absolute atomic E-state index is 13.1. The van der Waals surface area contributed by atoms with E-state index in [1.807, 2.05) is 30.3 Å². The van der Waals surface area contributed by atoms with Crippen molar-refractivity contribution in [2.75, 3.05) is 0 Å². The largest absolute Gasteiger partial charge is 0.481 e. The summed E-state index contributed by atoms with van der Waals surface area (Å²) in [6.07, 6.45) is -1.81. The maximum atomic E-state index is 13.1. The second-order valence-electron chi connectivity index (χ2n) is 8.05. The van der Waals surface area contributed by atoms with Crippen LogP contribution in [-0.4, -0.2) is 30.6 Å². The molecule has 1 fully saturated rings. The van der Waals surface area contributed by atoms with E-state index in [9.17, 15) is 33.2 Å². The number of nitro groups is 1. The summed E-state index contributed by atoms with van der Waals surface area (Å²) >= 11 is 0. The number of alkyl halides is 3. The summed E-state index contributed by atoms with van der Waals surface area (Å²) in [7, 11) is 0. The summed E-state index contributed by atoms with van der Waals surface area (Å²) in [5.74, 6) is -1.36. The third-order valence-electron chi connectivity index (χ3n) is 6.21. The monoisotopic (exact) mass is 468 g/mol. The number of halogens is 3. The number of carboxylic acids is 1. The summed E-state index contributed by atoms with van der Waals surface area (Å²) in [6.45, 7) is 0. The number of rotatable bonds is 5. The van der Waals surface area contributed by atoms with Gasteiger partial charge in [-0.1, -0.05) is 30.3 Å². The lowest BCUT2D eigenvalue weighted by Gasteiger charge is -2.15. The molecule has 1 aliphatic carbocycles. The summed E-state index contributed by atoms with van der Waals surface area (Å²) < 4.78 is 40.6. The highest BCUT2D eigenvalue weighted by molar-refractivity contribution is 5.88. The van der Waals surface area contributed by atoms with Crippen LogP contribution < -0.4 is 0 Å². The molecule has 11 heteroatoms. The molecule has 1 saturated carbocycles. The van der Waals surface area contributed by atoms with E-state index < -0.39 is 33.7 Å². The van der Waals surface area contributed by atoms with Gasteiger partial charge >= 0.3 is 12.1 Å². The minimum absolute atomic E-state index is 0.0996. The van der Waals surface area contributed by atoms with E-state index in [1.165, 1.54) is 23.0 Å². The number of carboxylic acid groups (broad SMARTS) is 1. The Hall–Kier alpha value is -4.28. The zero-order chi connectivity index (χ0) is 24.3. The van der Waals surface area contributed by atoms with Crippen molar-refractivity contribution in [3.63, 3.8) is 0 Å². The van der Waals surface area contributed by atoms with Crippen LogP contribution in [0.1, 0.15) is 29.2 Å². The van der Waals surface area contributed by atoms with Crippen LogP contribution in [0.15, 0.2) is 67.0 Å². The van der Waals surface area contributed by atoms with Crippen molar-refractivity contribution >= 4 is 17.3 Å². The normalized spacial score (nSPS) is 19.8. The first kappa shape index (κ1) is 21.6. The summed E-state index contributed by atoms with van der Waals surface area (Å²) in [4.78, 5) is 27.3. The predicted molar refractivity (Wildman–Crippen MR) is 113 cm³/mol. The fourth-order valence-corrected chi connectivity index (χ4v) is 4.49. The van der Waals surface area contributed by atoms with Crippen LogP contribution in [0.25, 0.3) is 16.8 Å². The van der Waals surface area contributed by atoms with Crippen molar-refractivity contribution in [3.05, 3.63) is 93.9 Å². The highest BCUT2D eigenvalue weighted by Gasteiger charge is 2.63. The van der Waals surface area contributed by atoms with E-state index in [1.54, 1.807) is 0 Å². The molecule has 0 bridgehead atoms. The first-order chi connectivity index (χ1) is 16.1. The molecule has 0 spiro atoms. The minimum atomic E-state index is -4.75. The van der Waals surface area contributed by atoms with Crippen molar-refractivity contribution in [3.8, 4) is 11.1 Å². The van der Waals surface area contributed by atoms with Crippen molar-refractivity contribution in [2.24, 2.45) is 0 Å². The zero-order valence-electron chi connectivity index (χ0n) is 17.2. The molecule has 4 aromatic rings. The second-order valence-corrected chi connectivity index (χ2v) is 8.05. The highest BCUT2D eigenvalue weighted by Crippen LogP contribution is 2.60. The maximum Gasteiger partial charge on any atom is 0.416 e. The lowest BCUT2D eigenvalue weighted by Crippen LogP contribution is -2.25. The van der Waals surface area contributed by atoms with Crippen LogP contribution in [0, 0.1) is 10.1 Å². The standard InChI is InChI=1S/C23H15F3N4O4/c24-23(25,26)14-6-7-15(18(10-14)30(33)34)16-12-28-29-19(8-9-27-20(16)29)22(21(31)32)11-17(22)13-4-2-1-3-5-13/h1-10,12,17H,11H2,(H,31,32). The van der Waals surface area contributed by atoms with Crippen molar-refractivity contribution in [1.82, 2.24) is 14.6 Å². The number of fused-ring (bicyclic) bond motifs is 1. The molecule has 2 aromatic heterocycles. The van der Waals surface area contributed by atoms with Crippen LogP contribution in [0.4, 0.5) is 18.9 Å². The molecule has 0 aliphatic heterocycles. The number of aliphatic carboxylic acids is 1. The van der Waals surface area contributed by atoms with Gasteiger partial charge in [0.05, 0.1) is 33.5 Å². The molecule has 34 heavy (non-hydrogen) atoms. The SMILES string of the molecule is O=C(O)C1(c2ccnc3c(-c4ccc(C(F)(F)F)cc4[N+](=O)[O-])cnn23)CC1c1ccccc1. The smallest absolute Gasteiger partial charge is 0.416 e. The van der Waals surface area contributed by atoms with Gasteiger partial charge in [-0.25, -0.2) is 9.50 Å². The first-order valence-corrected chi connectivity index (χ1v) is 10.1. The highest BCUT2D eigenvalue weighted by atomic mass is 19.4. The van der Waals surface area contributed by atoms with Crippen LogP contribution >= 0.6 is 0 Å². The third kappa shape index (κ3) is 3.19. The van der Waals surface area contributed by atoms with Gasteiger partial charge in [0.2, 0.25) is 0 Å². The molecule has 2 atom stereocenters. The number of nitro benzene ring substituents is 1. The number of hydrogen-bond donors (Lipinski definition) is 1. The van der Waals surface area contributed by atoms with E-state index in [-0.39, 0.29) is 22.7 Å². The minimum Gasteiger partial charge on any atom is -0.481 e. The van der Waals surface area contributed by atoms with Crippen LogP contribution in [-0.2, 0) is 16.4 Å². The Labute approximate surface area is 189 Å². The van der Waals surface area contributed by atoms with Crippen molar-refractivity contribution in [1.29, 1.82) is 0 Å². The molecule has 1 aliphatic rings. The van der Waals surface area contributed by atoms with Crippen LogP contribution in [0.3, 0.4) is 0 Å². The number of benzene rings is 2. The van der Waals surface area contributed by atoms with E-state index >= 15 is 0 Å². The lowest BCUT2D eigenvalue weighted by atomic mass is 9.95. The Morgan fingerprint density at radius 2 is 1.88 bits per heavy atom. The molecule has 1 N–H and O–H groups in total. The zero-order valence-corrected chi connectivity index (χ0v) is 17.2. The van der Waals surface area contributed by atoms with Crippen molar-refractivity contribution < 1.29 is 28.0 Å². The quantitative estimate of drug-likeness (QED) is 0.332. The molecule has 0 amide bonds. The predicted octanol–water partition coefficient (Wildman–Crippen LogP) is 4.83. The van der Waals surface area contributed by atoms with Gasteiger partial charge in [0.25, 0.3) is 5.69 Å². The molecular formula is C23H15F3N4O4. The van der Waals surface area contributed by atoms with Crippen LogP contribution in [0.2, 0.25) is 0 Å². The van der Waals surface area contributed by atoms with Gasteiger partial charge < -0.3 is 5.11 Å². The van der Waals surface area contributed by atoms with Crippen molar-refractivity contribution in [2.45, 2.75) is 23.9 Å². The summed E-state index contributed by atoms with van der Waals surface area (Å²) in [5.41, 5.74) is -1.87. The molecular weight excluding hydrogens is 453 g/mol. The molecule has 2 aromatic carbocycles. The van der Waals surface area contributed by atoms with E-state index in [4.69, 9.17) is 0 Å². The fourth-order valence-electron chi connectivity index (χ4n) is 4.49. The third-order valence-corrected chi connectivity index (χ3v) is 6.21. The number of aromatic nitrogens is 3. The molecule has 5 rings (SSSR count). The summed E-state index contributed by atoms with van der Waals surface area (Å²) in [5, 5.41) is 25.9. The fraction of sp³-hybridized carbons (Fsp3) is 0.174. The number of carbonyl (C=O) groups is 1. The summed E-state index contributed by atoms with van der Waals surface area (Å²) in [6, 6.07) is 12.9. The number of nitrogens with zero attached hydrogens (tertiary/aromatic N) is 4. The first-order valence-electron chi connectivity index (χ1n) is 10.1. The molecule has 2 heterocycles. The van der Waals surface area contributed by atoms with Crippen LogP contribution in [0.5, 0.6) is 0 Å². The van der Waals surface area contributed by atoms with Gasteiger partial charge in [-0.05, 0) is 30.2 Å². The van der Waals surface area contributed by atoms with E-state index in [0.717, 1.165) is 17.7 Å². The second kappa shape index (κ2) is 7.37. The molecule has 172 valence electrons. The topological polar surface area (TPSA) is 111 Å². The van der Waals surface area contributed by atoms with E-state index in [0.29, 0.717) is 18.2 Å². The lowest BCUT2D eigenvalue weighted by molar-refractivity contribution is -0.384. The Morgan fingerprint density at radius 1 is 1.15 bits per heavy atom. The average Bonchev–Trinajstić information content (AvgIpc) is 3.43. The average molecular weight is 468 g/mol. The van der Waals surface area contributed by atoms with Gasteiger partial charge in [0.15, 0.2) is 5.65 Å².